The second-order valence-corrected chi connectivity index (χ2v) is 3.78. The Morgan fingerprint density at radius 2 is 1.81 bits per heavy atom. The molecule has 1 amide bonds. The van der Waals surface area contributed by atoms with E-state index in [2.05, 4.69) is 10.6 Å². The molecule has 1 unspecified atom stereocenters. The summed E-state index contributed by atoms with van der Waals surface area (Å²) in [6, 6.07) is 5.99. The SMILES string of the molecule is CNC(=O)C(C)N[C@@H](C)c1ccc(F)cc1. The highest BCUT2D eigenvalue weighted by molar-refractivity contribution is 5.80. The minimum atomic E-state index is -0.273. The highest BCUT2D eigenvalue weighted by atomic mass is 19.1. The zero-order valence-electron chi connectivity index (χ0n) is 9.75. The molecule has 0 aliphatic rings. The second-order valence-electron chi connectivity index (χ2n) is 3.78. The lowest BCUT2D eigenvalue weighted by atomic mass is 10.1. The van der Waals surface area contributed by atoms with Crippen molar-refractivity contribution >= 4 is 5.91 Å². The second kappa shape index (κ2) is 5.61. The average molecular weight is 224 g/mol. The van der Waals surface area contributed by atoms with Gasteiger partial charge in [-0.3, -0.25) is 10.1 Å². The first kappa shape index (κ1) is 12.6. The normalized spacial score (nSPS) is 14.2. The van der Waals surface area contributed by atoms with E-state index >= 15 is 0 Å². The summed E-state index contributed by atoms with van der Waals surface area (Å²) in [5.41, 5.74) is 0.956. The maximum Gasteiger partial charge on any atom is 0.236 e. The van der Waals surface area contributed by atoms with Crippen molar-refractivity contribution in [3.63, 3.8) is 0 Å². The molecule has 0 radical (unpaired) electrons. The molecule has 0 aromatic heterocycles. The minimum absolute atomic E-state index is 0.00731. The Bertz CT molecular complexity index is 351. The number of carbonyl (C=O) groups excluding carboxylic acids is 1. The summed E-state index contributed by atoms with van der Waals surface area (Å²) < 4.78 is 12.7. The van der Waals surface area contributed by atoms with E-state index in [-0.39, 0.29) is 23.8 Å². The van der Waals surface area contributed by atoms with Crippen molar-refractivity contribution in [2.45, 2.75) is 25.9 Å². The molecule has 0 saturated carbocycles. The summed E-state index contributed by atoms with van der Waals surface area (Å²) >= 11 is 0. The van der Waals surface area contributed by atoms with Crippen molar-refractivity contribution in [1.29, 1.82) is 0 Å². The van der Waals surface area contributed by atoms with Gasteiger partial charge in [0.15, 0.2) is 0 Å². The molecule has 2 N–H and O–H groups in total. The van der Waals surface area contributed by atoms with E-state index in [9.17, 15) is 9.18 Å². The number of hydrogen-bond acceptors (Lipinski definition) is 2. The van der Waals surface area contributed by atoms with Crippen LogP contribution in [0.3, 0.4) is 0 Å². The Morgan fingerprint density at radius 3 is 2.31 bits per heavy atom. The Morgan fingerprint density at radius 1 is 1.25 bits per heavy atom. The third kappa shape index (κ3) is 3.31. The molecule has 0 aliphatic carbocycles. The molecule has 0 aliphatic heterocycles. The van der Waals surface area contributed by atoms with E-state index in [4.69, 9.17) is 0 Å². The van der Waals surface area contributed by atoms with Gasteiger partial charge >= 0.3 is 0 Å². The van der Waals surface area contributed by atoms with Crippen LogP contribution < -0.4 is 10.6 Å². The predicted octanol–water partition coefficient (Wildman–Crippen LogP) is 1.61. The number of hydrogen-bond donors (Lipinski definition) is 2. The van der Waals surface area contributed by atoms with Gasteiger partial charge < -0.3 is 5.32 Å². The first-order chi connectivity index (χ1) is 7.54. The van der Waals surface area contributed by atoms with Crippen LogP contribution in [-0.4, -0.2) is 19.0 Å². The summed E-state index contributed by atoms with van der Waals surface area (Å²) in [6.45, 7) is 3.73. The van der Waals surface area contributed by atoms with Gasteiger partial charge in [-0.2, -0.15) is 0 Å². The van der Waals surface area contributed by atoms with Crippen molar-refractivity contribution in [2.24, 2.45) is 0 Å². The van der Waals surface area contributed by atoms with E-state index in [1.54, 1.807) is 26.1 Å². The minimum Gasteiger partial charge on any atom is -0.358 e. The smallest absolute Gasteiger partial charge is 0.236 e. The van der Waals surface area contributed by atoms with Gasteiger partial charge in [0, 0.05) is 13.1 Å². The number of rotatable bonds is 4. The Balaban J connectivity index is 2.61. The monoisotopic (exact) mass is 224 g/mol. The van der Waals surface area contributed by atoms with E-state index in [1.165, 1.54) is 12.1 Å². The molecule has 0 saturated heterocycles. The van der Waals surface area contributed by atoms with Crippen molar-refractivity contribution in [3.8, 4) is 0 Å². The Hall–Kier alpha value is -1.42. The maximum absolute atomic E-state index is 12.7. The van der Waals surface area contributed by atoms with Gasteiger partial charge in [-0.05, 0) is 31.5 Å². The van der Waals surface area contributed by atoms with Gasteiger partial charge in [0.05, 0.1) is 6.04 Å². The molecule has 0 spiro atoms. The van der Waals surface area contributed by atoms with Crippen LogP contribution in [0.1, 0.15) is 25.5 Å². The van der Waals surface area contributed by atoms with Gasteiger partial charge in [0.2, 0.25) is 5.91 Å². The van der Waals surface area contributed by atoms with Crippen LogP contribution in [0.2, 0.25) is 0 Å². The lowest BCUT2D eigenvalue weighted by Gasteiger charge is -2.19. The van der Waals surface area contributed by atoms with E-state index in [0.29, 0.717) is 0 Å². The summed E-state index contributed by atoms with van der Waals surface area (Å²) in [4.78, 5) is 11.3. The number of likely N-dealkylation sites (N-methyl/N-ethyl adjacent to an activating group) is 1. The van der Waals surface area contributed by atoms with E-state index in [0.717, 1.165) is 5.56 Å². The van der Waals surface area contributed by atoms with E-state index < -0.39 is 0 Å². The summed E-state index contributed by atoms with van der Waals surface area (Å²) in [7, 11) is 1.60. The molecule has 0 bridgehead atoms. The fraction of sp³-hybridized carbons (Fsp3) is 0.417. The van der Waals surface area contributed by atoms with Gasteiger partial charge in [-0.1, -0.05) is 12.1 Å². The van der Waals surface area contributed by atoms with Crippen LogP contribution in [-0.2, 0) is 4.79 Å². The third-order valence-corrected chi connectivity index (χ3v) is 2.51. The number of carbonyl (C=O) groups is 1. The Kier molecular flexibility index (Phi) is 4.43. The van der Waals surface area contributed by atoms with Crippen molar-refractivity contribution < 1.29 is 9.18 Å². The van der Waals surface area contributed by atoms with Crippen LogP contribution in [0, 0.1) is 5.82 Å². The number of benzene rings is 1. The zero-order valence-corrected chi connectivity index (χ0v) is 9.75. The van der Waals surface area contributed by atoms with Gasteiger partial charge in [0.1, 0.15) is 5.82 Å². The molecule has 0 fully saturated rings. The van der Waals surface area contributed by atoms with Gasteiger partial charge in [-0.25, -0.2) is 4.39 Å². The standard InChI is InChI=1S/C12H17FN2O/c1-8(15-9(2)12(16)14-3)10-4-6-11(13)7-5-10/h4-9,15H,1-3H3,(H,14,16)/t8-,9?/m0/s1. The van der Waals surface area contributed by atoms with Gasteiger partial charge in [-0.15, -0.1) is 0 Å². The third-order valence-electron chi connectivity index (χ3n) is 2.51. The first-order valence-electron chi connectivity index (χ1n) is 5.27. The molecular formula is C12H17FN2O. The van der Waals surface area contributed by atoms with Crippen molar-refractivity contribution in [2.75, 3.05) is 7.05 Å². The molecule has 3 nitrogen and oxygen atoms in total. The molecule has 4 heteroatoms. The van der Waals surface area contributed by atoms with Crippen molar-refractivity contribution in [3.05, 3.63) is 35.6 Å². The molecule has 1 aromatic rings. The fourth-order valence-corrected chi connectivity index (χ4v) is 1.51. The van der Waals surface area contributed by atoms with Crippen LogP contribution in [0.15, 0.2) is 24.3 Å². The maximum atomic E-state index is 12.7. The fourth-order valence-electron chi connectivity index (χ4n) is 1.51. The number of halogens is 1. The molecule has 2 atom stereocenters. The van der Waals surface area contributed by atoms with Gasteiger partial charge in [0.25, 0.3) is 0 Å². The summed E-state index contributed by atoms with van der Waals surface area (Å²) in [5, 5.41) is 5.70. The quantitative estimate of drug-likeness (QED) is 0.815. The molecule has 0 heterocycles. The number of nitrogens with one attached hydrogen (secondary N) is 2. The summed E-state index contributed by atoms with van der Waals surface area (Å²) in [6.07, 6.45) is 0. The van der Waals surface area contributed by atoms with Crippen LogP contribution in [0.4, 0.5) is 4.39 Å². The van der Waals surface area contributed by atoms with Crippen LogP contribution in [0.5, 0.6) is 0 Å². The highest BCUT2D eigenvalue weighted by Crippen LogP contribution is 2.13. The topological polar surface area (TPSA) is 41.1 Å². The summed E-state index contributed by atoms with van der Waals surface area (Å²) in [5.74, 6) is -0.315. The molecule has 88 valence electrons. The average Bonchev–Trinajstić information content (AvgIpc) is 2.28. The van der Waals surface area contributed by atoms with E-state index in [1.807, 2.05) is 6.92 Å². The first-order valence-corrected chi connectivity index (χ1v) is 5.27. The van der Waals surface area contributed by atoms with Crippen LogP contribution in [0.25, 0.3) is 0 Å². The molecule has 16 heavy (non-hydrogen) atoms. The lowest BCUT2D eigenvalue weighted by Crippen LogP contribution is -2.41. The molecule has 1 aromatic carbocycles. The number of amides is 1. The largest absolute Gasteiger partial charge is 0.358 e. The molecule has 1 rings (SSSR count). The molecular weight excluding hydrogens is 207 g/mol. The predicted molar refractivity (Wildman–Crippen MR) is 61.5 cm³/mol. The lowest BCUT2D eigenvalue weighted by molar-refractivity contribution is -0.122. The van der Waals surface area contributed by atoms with Crippen LogP contribution >= 0.6 is 0 Å². The van der Waals surface area contributed by atoms with Crippen molar-refractivity contribution in [1.82, 2.24) is 10.6 Å². The highest BCUT2D eigenvalue weighted by Gasteiger charge is 2.14. The zero-order chi connectivity index (χ0) is 12.1. The Labute approximate surface area is 95.0 Å².